The van der Waals surface area contributed by atoms with Gasteiger partial charge in [-0.1, -0.05) is 50.2 Å². The summed E-state index contributed by atoms with van der Waals surface area (Å²) in [5.74, 6) is 1.20. The van der Waals surface area contributed by atoms with Crippen molar-refractivity contribution >= 4 is 5.91 Å². The van der Waals surface area contributed by atoms with Crippen molar-refractivity contribution in [1.29, 1.82) is 5.26 Å². The second-order valence-electron chi connectivity index (χ2n) is 6.68. The van der Waals surface area contributed by atoms with Gasteiger partial charge in [-0.05, 0) is 36.1 Å². The molecular weight excluding hydrogens is 324 g/mol. The van der Waals surface area contributed by atoms with Crippen LogP contribution < -0.4 is 4.74 Å². The molecule has 0 heterocycles. The van der Waals surface area contributed by atoms with E-state index in [-0.39, 0.29) is 5.91 Å². The fraction of sp³-hybridized carbons (Fsp3) is 0.364. The van der Waals surface area contributed by atoms with E-state index in [1.165, 1.54) is 0 Å². The Morgan fingerprint density at radius 3 is 2.62 bits per heavy atom. The van der Waals surface area contributed by atoms with Gasteiger partial charge in [-0.15, -0.1) is 0 Å². The zero-order valence-electron chi connectivity index (χ0n) is 15.5. The topological polar surface area (TPSA) is 53.3 Å². The molecule has 136 valence electrons. The lowest BCUT2D eigenvalue weighted by Crippen LogP contribution is -2.31. The summed E-state index contributed by atoms with van der Waals surface area (Å²) in [6, 6.07) is 19.2. The van der Waals surface area contributed by atoms with Crippen molar-refractivity contribution < 1.29 is 9.53 Å². The Hall–Kier alpha value is -2.80. The van der Waals surface area contributed by atoms with E-state index in [1.807, 2.05) is 42.5 Å². The summed E-state index contributed by atoms with van der Waals surface area (Å²) in [6.07, 6.45) is 1.28. The van der Waals surface area contributed by atoms with Crippen LogP contribution in [0.25, 0.3) is 0 Å². The number of rotatable bonds is 9. The maximum absolute atomic E-state index is 13.0. The Morgan fingerprint density at radius 1 is 1.15 bits per heavy atom. The minimum atomic E-state index is -0.0848. The molecule has 4 heteroatoms. The number of hydrogen-bond donors (Lipinski definition) is 0. The molecule has 2 aromatic rings. The van der Waals surface area contributed by atoms with Crippen molar-refractivity contribution in [2.24, 2.45) is 5.92 Å². The van der Waals surface area contributed by atoms with Gasteiger partial charge in [0, 0.05) is 18.7 Å². The highest BCUT2D eigenvalue weighted by atomic mass is 16.5. The summed E-state index contributed by atoms with van der Waals surface area (Å²) in [7, 11) is 0. The highest BCUT2D eigenvalue weighted by molar-refractivity contribution is 5.94. The molecule has 2 aromatic carbocycles. The van der Waals surface area contributed by atoms with Gasteiger partial charge in [-0.25, -0.2) is 0 Å². The number of benzene rings is 2. The molecule has 0 aliphatic rings. The molecule has 0 saturated heterocycles. The predicted molar refractivity (Wildman–Crippen MR) is 103 cm³/mol. The molecule has 0 unspecified atom stereocenters. The number of carbonyl (C=O) groups excluding carboxylic acids is 1. The summed E-state index contributed by atoms with van der Waals surface area (Å²) in [5, 5.41) is 8.91. The second-order valence-corrected chi connectivity index (χ2v) is 6.68. The van der Waals surface area contributed by atoms with Crippen molar-refractivity contribution in [3.05, 3.63) is 65.7 Å². The van der Waals surface area contributed by atoms with Crippen molar-refractivity contribution in [3.63, 3.8) is 0 Å². The van der Waals surface area contributed by atoms with Gasteiger partial charge in [0.05, 0.1) is 19.1 Å². The molecule has 0 N–H and O–H groups in total. The van der Waals surface area contributed by atoms with E-state index in [0.717, 1.165) is 12.0 Å². The van der Waals surface area contributed by atoms with E-state index in [0.29, 0.717) is 43.3 Å². The van der Waals surface area contributed by atoms with Crippen LogP contribution in [0.1, 0.15) is 42.6 Å². The fourth-order valence-electron chi connectivity index (χ4n) is 2.56. The summed E-state index contributed by atoms with van der Waals surface area (Å²) in [4.78, 5) is 14.7. The highest BCUT2D eigenvalue weighted by Crippen LogP contribution is 2.17. The van der Waals surface area contributed by atoms with Gasteiger partial charge >= 0.3 is 0 Å². The van der Waals surface area contributed by atoms with Gasteiger partial charge in [0.1, 0.15) is 5.75 Å². The molecule has 0 aliphatic carbocycles. The Bertz CT molecular complexity index is 735. The van der Waals surface area contributed by atoms with E-state index >= 15 is 0 Å². The lowest BCUT2D eigenvalue weighted by atomic mass is 10.1. The fourth-order valence-corrected chi connectivity index (χ4v) is 2.56. The van der Waals surface area contributed by atoms with E-state index in [1.54, 1.807) is 17.0 Å². The average molecular weight is 350 g/mol. The summed E-state index contributed by atoms with van der Waals surface area (Å²) < 4.78 is 5.76. The quantitative estimate of drug-likeness (QED) is 0.660. The van der Waals surface area contributed by atoms with Gasteiger partial charge in [-0.3, -0.25) is 4.79 Å². The van der Waals surface area contributed by atoms with Gasteiger partial charge in [0.15, 0.2) is 0 Å². The molecule has 0 spiro atoms. The Labute approximate surface area is 156 Å². The zero-order valence-corrected chi connectivity index (χ0v) is 15.5. The molecule has 26 heavy (non-hydrogen) atoms. The standard InChI is InChI=1S/C22H26N2O2/c1-18(2)12-15-26-21-11-6-10-20(16-21)22(25)24(14-7-13-23)17-19-8-4-3-5-9-19/h3-6,8-11,16,18H,7,12,14-15,17H2,1-2H3. The Kier molecular flexibility index (Phi) is 7.70. The van der Waals surface area contributed by atoms with Crippen LogP contribution in [0.2, 0.25) is 0 Å². The van der Waals surface area contributed by atoms with Crippen LogP contribution in [-0.4, -0.2) is 24.0 Å². The molecule has 0 aliphatic heterocycles. The molecule has 0 saturated carbocycles. The van der Waals surface area contributed by atoms with Crippen LogP contribution in [0, 0.1) is 17.2 Å². The lowest BCUT2D eigenvalue weighted by molar-refractivity contribution is 0.0746. The van der Waals surface area contributed by atoms with E-state index in [2.05, 4.69) is 19.9 Å². The minimum absolute atomic E-state index is 0.0848. The van der Waals surface area contributed by atoms with Gasteiger partial charge < -0.3 is 9.64 Å². The summed E-state index contributed by atoms with van der Waals surface area (Å²) >= 11 is 0. The third-order valence-electron chi connectivity index (χ3n) is 4.04. The molecule has 0 atom stereocenters. The maximum Gasteiger partial charge on any atom is 0.254 e. The summed E-state index contributed by atoms with van der Waals surface area (Å²) in [6.45, 7) is 5.83. The van der Waals surface area contributed by atoms with Crippen molar-refractivity contribution in [2.45, 2.75) is 33.2 Å². The van der Waals surface area contributed by atoms with Crippen molar-refractivity contribution in [3.8, 4) is 11.8 Å². The molecular formula is C22H26N2O2. The summed E-state index contributed by atoms with van der Waals surface area (Å²) in [5.41, 5.74) is 1.63. The molecule has 0 bridgehead atoms. The molecule has 0 aromatic heterocycles. The Balaban J connectivity index is 2.10. The smallest absolute Gasteiger partial charge is 0.254 e. The largest absolute Gasteiger partial charge is 0.494 e. The first-order chi connectivity index (χ1) is 12.6. The third kappa shape index (κ3) is 6.25. The zero-order chi connectivity index (χ0) is 18.8. The van der Waals surface area contributed by atoms with E-state index < -0.39 is 0 Å². The normalized spacial score (nSPS) is 10.4. The van der Waals surface area contributed by atoms with Gasteiger partial charge in [0.25, 0.3) is 5.91 Å². The van der Waals surface area contributed by atoms with Gasteiger partial charge in [-0.2, -0.15) is 5.26 Å². The van der Waals surface area contributed by atoms with Crippen molar-refractivity contribution in [1.82, 2.24) is 4.90 Å². The van der Waals surface area contributed by atoms with Crippen molar-refractivity contribution in [2.75, 3.05) is 13.2 Å². The number of ether oxygens (including phenoxy) is 1. The minimum Gasteiger partial charge on any atom is -0.494 e. The molecule has 0 fully saturated rings. The van der Waals surface area contributed by atoms with Crippen LogP contribution in [-0.2, 0) is 6.54 Å². The van der Waals surface area contributed by atoms with E-state index in [4.69, 9.17) is 10.00 Å². The lowest BCUT2D eigenvalue weighted by Gasteiger charge is -2.22. The molecule has 4 nitrogen and oxygen atoms in total. The van der Waals surface area contributed by atoms with Crippen LogP contribution in [0.5, 0.6) is 5.75 Å². The highest BCUT2D eigenvalue weighted by Gasteiger charge is 2.16. The van der Waals surface area contributed by atoms with Crippen LogP contribution in [0.3, 0.4) is 0 Å². The number of hydrogen-bond acceptors (Lipinski definition) is 3. The first kappa shape index (κ1) is 19.5. The molecule has 1 amide bonds. The first-order valence-corrected chi connectivity index (χ1v) is 9.03. The number of carbonyl (C=O) groups is 1. The number of nitriles is 1. The molecule has 2 rings (SSSR count). The van der Waals surface area contributed by atoms with Crippen LogP contribution in [0.15, 0.2) is 54.6 Å². The molecule has 0 radical (unpaired) electrons. The second kappa shape index (κ2) is 10.2. The monoisotopic (exact) mass is 350 g/mol. The van der Waals surface area contributed by atoms with Gasteiger partial charge in [0.2, 0.25) is 0 Å². The average Bonchev–Trinajstić information content (AvgIpc) is 2.65. The van der Waals surface area contributed by atoms with Crippen LogP contribution in [0.4, 0.5) is 0 Å². The number of nitrogens with zero attached hydrogens (tertiary/aromatic N) is 2. The first-order valence-electron chi connectivity index (χ1n) is 9.03. The maximum atomic E-state index is 13.0. The third-order valence-corrected chi connectivity index (χ3v) is 4.04. The SMILES string of the molecule is CC(C)CCOc1cccc(C(=O)N(CCC#N)Cc2ccccc2)c1. The van der Waals surface area contributed by atoms with E-state index in [9.17, 15) is 4.79 Å². The number of amides is 1. The van der Waals surface area contributed by atoms with Crippen LogP contribution >= 0.6 is 0 Å². The Morgan fingerprint density at radius 2 is 1.92 bits per heavy atom. The predicted octanol–water partition coefficient (Wildman–Crippen LogP) is 4.67.